The fourth-order valence-electron chi connectivity index (χ4n) is 4.38. The first-order valence-electron chi connectivity index (χ1n) is 10.3. The van der Waals surface area contributed by atoms with E-state index in [-0.39, 0.29) is 5.92 Å². The average molecular weight is 397 g/mol. The molecule has 0 spiro atoms. The van der Waals surface area contributed by atoms with Gasteiger partial charge in [0.05, 0.1) is 5.92 Å². The van der Waals surface area contributed by atoms with Crippen molar-refractivity contribution in [1.29, 1.82) is 0 Å². The third-order valence-electron chi connectivity index (χ3n) is 5.69. The highest BCUT2D eigenvalue weighted by molar-refractivity contribution is 5.81. The molecule has 1 saturated carbocycles. The number of carboxylic acids is 2. The molecule has 3 unspecified atom stereocenters. The van der Waals surface area contributed by atoms with E-state index in [1.165, 1.54) is 6.42 Å². The van der Waals surface area contributed by atoms with Crippen LogP contribution < -0.4 is 0 Å². The Bertz CT molecular complexity index is 818. The molecule has 1 aliphatic rings. The van der Waals surface area contributed by atoms with E-state index in [4.69, 9.17) is 5.11 Å². The monoisotopic (exact) mass is 396 g/mol. The minimum absolute atomic E-state index is 0.0521. The Morgan fingerprint density at radius 3 is 2.00 bits per heavy atom. The SMILES string of the molecule is CC1CCCC(C(=O)O)C1.Cc1cc(C)c(C(C(=O)O)c2ccccc2)c(C)c1. The molecule has 2 N–H and O–H groups in total. The third kappa shape index (κ3) is 6.18. The lowest BCUT2D eigenvalue weighted by atomic mass is 9.83. The van der Waals surface area contributed by atoms with Gasteiger partial charge in [0.25, 0.3) is 0 Å². The molecule has 1 fully saturated rings. The lowest BCUT2D eigenvalue weighted by molar-refractivity contribution is -0.143. The molecule has 0 heterocycles. The second-order valence-electron chi connectivity index (χ2n) is 8.30. The molecule has 0 bridgehead atoms. The summed E-state index contributed by atoms with van der Waals surface area (Å²) in [6.07, 6.45) is 4.08. The van der Waals surface area contributed by atoms with Crippen LogP contribution in [0.4, 0.5) is 0 Å². The smallest absolute Gasteiger partial charge is 0.315 e. The van der Waals surface area contributed by atoms with Crippen molar-refractivity contribution >= 4 is 11.9 Å². The van der Waals surface area contributed by atoms with E-state index in [1.807, 2.05) is 63.2 Å². The van der Waals surface area contributed by atoms with Crippen molar-refractivity contribution in [3.63, 3.8) is 0 Å². The Kier molecular flexibility index (Phi) is 8.00. The molecular weight excluding hydrogens is 364 g/mol. The van der Waals surface area contributed by atoms with Crippen molar-refractivity contribution in [3.05, 3.63) is 70.3 Å². The zero-order valence-corrected chi connectivity index (χ0v) is 17.8. The summed E-state index contributed by atoms with van der Waals surface area (Å²) in [5, 5.41) is 18.3. The van der Waals surface area contributed by atoms with Crippen LogP contribution in [0.5, 0.6) is 0 Å². The molecule has 4 heteroatoms. The number of rotatable bonds is 4. The van der Waals surface area contributed by atoms with Gasteiger partial charge >= 0.3 is 11.9 Å². The predicted octanol–water partition coefficient (Wildman–Crippen LogP) is 5.73. The molecule has 29 heavy (non-hydrogen) atoms. The van der Waals surface area contributed by atoms with Gasteiger partial charge in [-0.1, -0.05) is 67.8 Å². The van der Waals surface area contributed by atoms with Gasteiger partial charge in [0.1, 0.15) is 5.92 Å². The van der Waals surface area contributed by atoms with E-state index in [2.05, 4.69) is 6.92 Å². The number of aliphatic carboxylic acids is 2. The molecule has 2 aromatic rings. The lowest BCUT2D eigenvalue weighted by Crippen LogP contribution is -2.20. The van der Waals surface area contributed by atoms with Crippen LogP contribution in [-0.4, -0.2) is 22.2 Å². The summed E-state index contributed by atoms with van der Waals surface area (Å²) >= 11 is 0. The summed E-state index contributed by atoms with van der Waals surface area (Å²) in [5.74, 6) is -1.44. The highest BCUT2D eigenvalue weighted by Gasteiger charge is 2.25. The molecule has 0 aliphatic heterocycles. The zero-order valence-electron chi connectivity index (χ0n) is 17.8. The van der Waals surface area contributed by atoms with Crippen molar-refractivity contribution in [1.82, 2.24) is 0 Å². The minimum atomic E-state index is -0.804. The minimum Gasteiger partial charge on any atom is -0.481 e. The lowest BCUT2D eigenvalue weighted by Gasteiger charge is -2.22. The van der Waals surface area contributed by atoms with Gasteiger partial charge in [-0.25, -0.2) is 0 Å². The highest BCUT2D eigenvalue weighted by atomic mass is 16.4. The van der Waals surface area contributed by atoms with E-state index in [0.717, 1.165) is 47.1 Å². The van der Waals surface area contributed by atoms with Gasteiger partial charge < -0.3 is 10.2 Å². The van der Waals surface area contributed by atoms with Crippen molar-refractivity contribution in [3.8, 4) is 0 Å². The maximum absolute atomic E-state index is 11.7. The third-order valence-corrected chi connectivity index (χ3v) is 5.69. The molecule has 2 aromatic carbocycles. The average Bonchev–Trinajstić information content (AvgIpc) is 2.65. The van der Waals surface area contributed by atoms with E-state index in [1.54, 1.807) is 0 Å². The summed E-state index contributed by atoms with van der Waals surface area (Å²) in [6, 6.07) is 13.5. The van der Waals surface area contributed by atoms with E-state index in [0.29, 0.717) is 5.92 Å². The van der Waals surface area contributed by atoms with Crippen molar-refractivity contribution in [2.75, 3.05) is 0 Å². The molecule has 0 saturated heterocycles. The van der Waals surface area contributed by atoms with Crippen LogP contribution in [0.1, 0.15) is 66.3 Å². The Labute approximate surface area is 173 Å². The van der Waals surface area contributed by atoms with Gasteiger partial charge in [-0.3, -0.25) is 9.59 Å². The first-order chi connectivity index (χ1) is 13.7. The Hall–Kier alpha value is -2.62. The standard InChI is InChI=1S/C17H18O2.C8H14O2/c1-11-9-12(2)15(13(3)10-11)16(17(18)19)14-7-5-4-6-8-14;1-6-3-2-4-7(5-6)8(9)10/h4-10,16H,1-3H3,(H,18,19);6-7H,2-5H2,1H3,(H,9,10). The number of aryl methyl sites for hydroxylation is 3. The number of carboxylic acid groups (broad SMARTS) is 2. The zero-order chi connectivity index (χ0) is 21.6. The van der Waals surface area contributed by atoms with Crippen molar-refractivity contribution < 1.29 is 19.8 Å². The summed E-state index contributed by atoms with van der Waals surface area (Å²) < 4.78 is 0. The fourth-order valence-corrected chi connectivity index (χ4v) is 4.38. The summed E-state index contributed by atoms with van der Waals surface area (Å²) in [4.78, 5) is 22.2. The van der Waals surface area contributed by atoms with Crippen LogP contribution in [0.25, 0.3) is 0 Å². The summed E-state index contributed by atoms with van der Waals surface area (Å²) in [5.41, 5.74) is 4.97. The fraction of sp³-hybridized carbons (Fsp3) is 0.440. The Morgan fingerprint density at radius 2 is 1.55 bits per heavy atom. The molecule has 3 atom stereocenters. The maximum atomic E-state index is 11.7. The van der Waals surface area contributed by atoms with Gasteiger partial charge in [0.15, 0.2) is 0 Å². The van der Waals surface area contributed by atoms with Gasteiger partial charge in [-0.15, -0.1) is 0 Å². The van der Waals surface area contributed by atoms with Crippen LogP contribution >= 0.6 is 0 Å². The number of hydrogen-bond donors (Lipinski definition) is 2. The molecule has 0 aromatic heterocycles. The topological polar surface area (TPSA) is 74.6 Å². The second-order valence-corrected chi connectivity index (χ2v) is 8.30. The summed E-state index contributed by atoms with van der Waals surface area (Å²) in [7, 11) is 0. The largest absolute Gasteiger partial charge is 0.481 e. The van der Waals surface area contributed by atoms with Crippen molar-refractivity contribution in [2.45, 2.75) is 59.3 Å². The van der Waals surface area contributed by atoms with Crippen LogP contribution in [0.2, 0.25) is 0 Å². The van der Waals surface area contributed by atoms with Crippen LogP contribution in [0.15, 0.2) is 42.5 Å². The second kappa shape index (κ2) is 10.2. The molecule has 156 valence electrons. The highest BCUT2D eigenvalue weighted by Crippen LogP contribution is 2.31. The molecule has 3 rings (SSSR count). The van der Waals surface area contributed by atoms with Crippen LogP contribution in [-0.2, 0) is 9.59 Å². The number of hydrogen-bond acceptors (Lipinski definition) is 2. The molecule has 0 amide bonds. The number of carbonyl (C=O) groups is 2. The predicted molar refractivity (Wildman–Crippen MR) is 115 cm³/mol. The van der Waals surface area contributed by atoms with Gasteiger partial charge in [0, 0.05) is 0 Å². The van der Waals surface area contributed by atoms with E-state index in [9.17, 15) is 14.7 Å². The van der Waals surface area contributed by atoms with E-state index < -0.39 is 17.9 Å². The number of benzene rings is 2. The molecule has 1 aliphatic carbocycles. The van der Waals surface area contributed by atoms with Gasteiger partial charge in [-0.2, -0.15) is 0 Å². The Morgan fingerprint density at radius 1 is 0.966 bits per heavy atom. The first kappa shape index (κ1) is 22.7. The first-order valence-corrected chi connectivity index (χ1v) is 10.3. The van der Waals surface area contributed by atoms with Crippen LogP contribution in [0.3, 0.4) is 0 Å². The molecular formula is C25H32O4. The quantitative estimate of drug-likeness (QED) is 0.692. The summed E-state index contributed by atoms with van der Waals surface area (Å²) in [6.45, 7) is 8.12. The molecule has 0 radical (unpaired) electrons. The van der Waals surface area contributed by atoms with Crippen molar-refractivity contribution in [2.24, 2.45) is 11.8 Å². The molecule has 4 nitrogen and oxygen atoms in total. The van der Waals surface area contributed by atoms with Gasteiger partial charge in [0.2, 0.25) is 0 Å². The Balaban J connectivity index is 0.000000253. The normalized spacial score (nSPS) is 19.6. The van der Waals surface area contributed by atoms with E-state index >= 15 is 0 Å². The van der Waals surface area contributed by atoms with Crippen LogP contribution in [0, 0.1) is 32.6 Å². The maximum Gasteiger partial charge on any atom is 0.315 e. The van der Waals surface area contributed by atoms with Gasteiger partial charge in [-0.05, 0) is 61.8 Å².